The highest BCUT2D eigenvalue weighted by Crippen LogP contribution is 2.32. The third-order valence-corrected chi connectivity index (χ3v) is 5.09. The summed E-state index contributed by atoms with van der Waals surface area (Å²) < 4.78 is 27.8. The van der Waals surface area contributed by atoms with Crippen LogP contribution >= 0.6 is 15.9 Å². The largest absolute Gasteiger partial charge is 0.465 e. The Balaban J connectivity index is 2.31. The van der Waals surface area contributed by atoms with Gasteiger partial charge in [0.2, 0.25) is 15.9 Å². The van der Waals surface area contributed by atoms with Crippen LogP contribution in [0.25, 0.3) is 0 Å². The van der Waals surface area contributed by atoms with Gasteiger partial charge in [-0.15, -0.1) is 0 Å². The van der Waals surface area contributed by atoms with Gasteiger partial charge in [0.1, 0.15) is 5.25 Å². The summed E-state index contributed by atoms with van der Waals surface area (Å²) in [5.74, 6) is -0.835. The molecule has 1 heterocycles. The predicted octanol–water partition coefficient (Wildman–Crippen LogP) is 0.630. The van der Waals surface area contributed by atoms with Gasteiger partial charge in [-0.25, -0.2) is 18.4 Å². The maximum absolute atomic E-state index is 12.0. The molecule has 0 bridgehead atoms. The lowest BCUT2D eigenvalue weighted by Crippen LogP contribution is -2.32. The topological polar surface area (TPSA) is 107 Å². The Hall–Kier alpha value is -1.45. The molecular formula is C12H13BrN2O5S. The van der Waals surface area contributed by atoms with Crippen molar-refractivity contribution >= 4 is 43.5 Å². The highest BCUT2D eigenvalue weighted by atomic mass is 79.9. The molecule has 2 rings (SSSR count). The van der Waals surface area contributed by atoms with Gasteiger partial charge in [0.25, 0.3) is 0 Å². The van der Waals surface area contributed by atoms with Crippen molar-refractivity contribution in [2.45, 2.75) is 11.7 Å². The number of hydrogen-bond acceptors (Lipinski definition) is 5. The minimum absolute atomic E-state index is 0.00611. The Morgan fingerprint density at radius 3 is 2.62 bits per heavy atom. The Kier molecular flexibility index (Phi) is 4.35. The van der Waals surface area contributed by atoms with E-state index in [0.717, 1.165) is 0 Å². The van der Waals surface area contributed by atoms with Crippen molar-refractivity contribution in [2.24, 2.45) is 5.14 Å². The SMILES string of the molecule is COC(=O)c1ccc(N2CC(S(N)(=O)=O)CC2=O)c(Br)c1. The van der Waals surface area contributed by atoms with Gasteiger partial charge in [-0.3, -0.25) is 4.79 Å². The lowest BCUT2D eigenvalue weighted by molar-refractivity contribution is -0.117. The molecule has 1 fully saturated rings. The predicted molar refractivity (Wildman–Crippen MR) is 79.3 cm³/mol. The number of sulfonamides is 1. The van der Waals surface area contributed by atoms with E-state index in [1.165, 1.54) is 24.1 Å². The molecule has 9 heteroatoms. The second-order valence-electron chi connectivity index (χ2n) is 4.58. The summed E-state index contributed by atoms with van der Waals surface area (Å²) in [6.07, 6.45) is -0.149. The third-order valence-electron chi connectivity index (χ3n) is 3.21. The van der Waals surface area contributed by atoms with Crippen LogP contribution in [0.3, 0.4) is 0 Å². The van der Waals surface area contributed by atoms with Gasteiger partial charge in [-0.05, 0) is 34.1 Å². The number of nitrogens with zero attached hydrogens (tertiary/aromatic N) is 1. The molecule has 1 aliphatic rings. The maximum atomic E-state index is 12.0. The van der Waals surface area contributed by atoms with Crippen molar-refractivity contribution in [3.8, 4) is 0 Å². The summed E-state index contributed by atoms with van der Waals surface area (Å²) in [5, 5.41) is 4.16. The molecule has 1 aromatic carbocycles. The van der Waals surface area contributed by atoms with Gasteiger partial charge in [-0.2, -0.15) is 0 Å². The number of benzene rings is 1. The third kappa shape index (κ3) is 3.25. The fourth-order valence-corrected chi connectivity index (χ4v) is 3.42. The zero-order valence-corrected chi connectivity index (χ0v) is 13.5. The molecule has 1 amide bonds. The number of anilines is 1. The molecule has 0 radical (unpaired) electrons. The number of carbonyl (C=O) groups excluding carboxylic acids is 2. The highest BCUT2D eigenvalue weighted by Gasteiger charge is 2.37. The number of amides is 1. The molecule has 0 aromatic heterocycles. The van der Waals surface area contributed by atoms with Crippen molar-refractivity contribution in [1.29, 1.82) is 0 Å². The summed E-state index contributed by atoms with van der Waals surface area (Å²) >= 11 is 3.27. The minimum atomic E-state index is -3.77. The number of carbonyl (C=O) groups is 2. The Bertz CT molecular complexity index is 704. The van der Waals surface area contributed by atoms with E-state index < -0.39 is 21.2 Å². The molecule has 1 aliphatic heterocycles. The van der Waals surface area contributed by atoms with E-state index in [1.807, 2.05) is 0 Å². The fraction of sp³-hybridized carbons (Fsp3) is 0.333. The minimum Gasteiger partial charge on any atom is -0.465 e. The van der Waals surface area contributed by atoms with Crippen LogP contribution in [0.1, 0.15) is 16.8 Å². The van der Waals surface area contributed by atoms with Gasteiger partial charge in [0.15, 0.2) is 0 Å². The van der Waals surface area contributed by atoms with E-state index in [1.54, 1.807) is 6.07 Å². The number of rotatable bonds is 3. The zero-order valence-electron chi connectivity index (χ0n) is 11.1. The van der Waals surface area contributed by atoms with Crippen LogP contribution in [0.4, 0.5) is 5.69 Å². The van der Waals surface area contributed by atoms with Gasteiger partial charge in [0, 0.05) is 17.4 Å². The van der Waals surface area contributed by atoms with Crippen molar-refractivity contribution in [3.63, 3.8) is 0 Å². The number of hydrogen-bond donors (Lipinski definition) is 1. The summed E-state index contributed by atoms with van der Waals surface area (Å²) in [5.41, 5.74) is 0.807. The van der Waals surface area contributed by atoms with Crippen LogP contribution in [0.5, 0.6) is 0 Å². The smallest absolute Gasteiger partial charge is 0.337 e. The molecule has 7 nitrogen and oxygen atoms in total. The van der Waals surface area contributed by atoms with E-state index in [9.17, 15) is 18.0 Å². The van der Waals surface area contributed by atoms with E-state index in [4.69, 9.17) is 5.14 Å². The number of ether oxygens (including phenoxy) is 1. The van der Waals surface area contributed by atoms with Crippen molar-refractivity contribution in [1.82, 2.24) is 0 Å². The van der Waals surface area contributed by atoms with E-state index in [0.29, 0.717) is 15.7 Å². The van der Waals surface area contributed by atoms with Gasteiger partial charge >= 0.3 is 5.97 Å². The average molecular weight is 377 g/mol. The van der Waals surface area contributed by atoms with Crippen LogP contribution in [-0.2, 0) is 19.6 Å². The number of primary sulfonamides is 1. The normalized spacial score (nSPS) is 18.9. The van der Waals surface area contributed by atoms with E-state index in [2.05, 4.69) is 20.7 Å². The first-order valence-corrected chi connectivity index (χ1v) is 8.34. The van der Waals surface area contributed by atoms with Gasteiger partial charge in [0.05, 0.1) is 18.4 Å². The van der Waals surface area contributed by atoms with Crippen LogP contribution in [0.2, 0.25) is 0 Å². The van der Waals surface area contributed by atoms with E-state index >= 15 is 0 Å². The first-order chi connectivity index (χ1) is 9.74. The van der Waals surface area contributed by atoms with Crippen LogP contribution in [0, 0.1) is 0 Å². The molecule has 0 aliphatic carbocycles. The fourth-order valence-electron chi connectivity index (χ4n) is 2.10. The second kappa shape index (κ2) is 5.74. The molecule has 1 aromatic rings. The van der Waals surface area contributed by atoms with Gasteiger partial charge in [-0.1, -0.05) is 0 Å². The monoisotopic (exact) mass is 376 g/mol. The lowest BCUT2D eigenvalue weighted by Gasteiger charge is -2.18. The van der Waals surface area contributed by atoms with Crippen LogP contribution in [-0.4, -0.2) is 39.2 Å². The van der Waals surface area contributed by atoms with Crippen molar-refractivity contribution < 1.29 is 22.7 Å². The zero-order chi connectivity index (χ0) is 15.8. The van der Waals surface area contributed by atoms with E-state index in [-0.39, 0.29) is 18.9 Å². The number of nitrogens with two attached hydrogens (primary N) is 1. The standard InChI is InChI=1S/C12H13BrN2O5S/c1-20-12(17)7-2-3-10(9(13)4-7)15-6-8(5-11(15)16)21(14,18)19/h2-4,8H,5-6H2,1H3,(H2,14,18,19). The first kappa shape index (κ1) is 15.9. The molecule has 1 saturated heterocycles. The highest BCUT2D eigenvalue weighted by molar-refractivity contribution is 9.10. The number of halogens is 1. The van der Waals surface area contributed by atoms with Gasteiger partial charge < -0.3 is 9.64 Å². The molecule has 2 N–H and O–H groups in total. The Labute approximate surface area is 130 Å². The number of methoxy groups -OCH3 is 1. The number of esters is 1. The Morgan fingerprint density at radius 1 is 1.48 bits per heavy atom. The molecule has 1 atom stereocenters. The summed E-state index contributed by atoms with van der Waals surface area (Å²) in [7, 11) is -2.50. The average Bonchev–Trinajstić information content (AvgIpc) is 2.79. The molecule has 0 spiro atoms. The quantitative estimate of drug-likeness (QED) is 0.778. The molecule has 1 unspecified atom stereocenters. The molecule has 114 valence electrons. The lowest BCUT2D eigenvalue weighted by atomic mass is 10.2. The molecule has 21 heavy (non-hydrogen) atoms. The Morgan fingerprint density at radius 2 is 2.14 bits per heavy atom. The second-order valence-corrected chi connectivity index (χ2v) is 7.28. The molecule has 0 saturated carbocycles. The summed E-state index contributed by atoms with van der Waals surface area (Å²) in [4.78, 5) is 24.7. The van der Waals surface area contributed by atoms with Crippen LogP contribution < -0.4 is 10.0 Å². The van der Waals surface area contributed by atoms with Crippen LogP contribution in [0.15, 0.2) is 22.7 Å². The maximum Gasteiger partial charge on any atom is 0.337 e. The van der Waals surface area contributed by atoms with Crippen molar-refractivity contribution in [3.05, 3.63) is 28.2 Å². The van der Waals surface area contributed by atoms with Crippen molar-refractivity contribution in [2.75, 3.05) is 18.6 Å². The summed E-state index contributed by atoms with van der Waals surface area (Å²) in [6, 6.07) is 4.57. The first-order valence-electron chi connectivity index (χ1n) is 5.94. The molecular weight excluding hydrogens is 364 g/mol. The summed E-state index contributed by atoms with van der Waals surface area (Å²) in [6.45, 7) is -0.00611.